The van der Waals surface area contributed by atoms with Gasteiger partial charge in [0.25, 0.3) is 11.8 Å². The average molecular weight is 359 g/mol. The zero-order valence-corrected chi connectivity index (χ0v) is 13.2. The van der Waals surface area contributed by atoms with Crippen LogP contribution in [0, 0.1) is 10.1 Å². The number of nitro benzene ring substituents is 1. The van der Waals surface area contributed by atoms with Crippen molar-refractivity contribution in [2.45, 2.75) is 0 Å². The van der Waals surface area contributed by atoms with Gasteiger partial charge >= 0.3 is 5.69 Å². The zero-order valence-electron chi connectivity index (χ0n) is 13.2. The van der Waals surface area contributed by atoms with E-state index < -0.39 is 28.2 Å². The molecule has 26 heavy (non-hydrogen) atoms. The van der Waals surface area contributed by atoms with Gasteiger partial charge in [0.2, 0.25) is 5.75 Å². The van der Waals surface area contributed by atoms with Crippen molar-refractivity contribution in [2.75, 3.05) is 13.2 Å². The number of phenolic OH excluding ortho intramolecular Hbond substituents is 1. The third-order valence-corrected chi connectivity index (χ3v) is 3.55. The molecule has 2 aromatic rings. The van der Waals surface area contributed by atoms with Crippen LogP contribution >= 0.6 is 0 Å². The van der Waals surface area contributed by atoms with E-state index in [4.69, 9.17) is 9.47 Å². The van der Waals surface area contributed by atoms with Crippen molar-refractivity contribution < 1.29 is 29.1 Å². The first-order valence-electron chi connectivity index (χ1n) is 7.44. The van der Waals surface area contributed by atoms with Crippen molar-refractivity contribution in [3.05, 3.63) is 57.6 Å². The summed E-state index contributed by atoms with van der Waals surface area (Å²) in [5, 5.41) is 20.6. The van der Waals surface area contributed by atoms with Crippen LogP contribution in [0.1, 0.15) is 20.7 Å². The molecule has 10 nitrogen and oxygen atoms in total. The van der Waals surface area contributed by atoms with E-state index in [0.717, 1.165) is 6.07 Å². The molecular weight excluding hydrogens is 346 g/mol. The summed E-state index contributed by atoms with van der Waals surface area (Å²) in [5.41, 5.74) is 3.50. The maximum Gasteiger partial charge on any atom is 0.311 e. The zero-order chi connectivity index (χ0) is 18.7. The first-order valence-corrected chi connectivity index (χ1v) is 7.44. The van der Waals surface area contributed by atoms with Crippen molar-refractivity contribution in [2.24, 2.45) is 0 Å². The van der Waals surface area contributed by atoms with Crippen LogP contribution in [0.5, 0.6) is 17.2 Å². The average Bonchev–Trinajstić information content (AvgIpc) is 2.65. The Morgan fingerprint density at radius 3 is 2.46 bits per heavy atom. The molecule has 3 N–H and O–H groups in total. The lowest BCUT2D eigenvalue weighted by molar-refractivity contribution is -0.385. The van der Waals surface area contributed by atoms with Gasteiger partial charge < -0.3 is 14.6 Å². The number of aromatic hydroxyl groups is 1. The van der Waals surface area contributed by atoms with Crippen LogP contribution in [0.15, 0.2) is 36.4 Å². The highest BCUT2D eigenvalue weighted by molar-refractivity contribution is 6.01. The lowest BCUT2D eigenvalue weighted by atomic mass is 10.1. The predicted octanol–water partition coefficient (Wildman–Crippen LogP) is 1.15. The van der Waals surface area contributed by atoms with Crippen LogP contribution < -0.4 is 20.3 Å². The first kappa shape index (κ1) is 17.0. The summed E-state index contributed by atoms with van der Waals surface area (Å²) in [6.45, 7) is 0.780. The van der Waals surface area contributed by atoms with Crippen LogP contribution in [-0.2, 0) is 0 Å². The summed E-state index contributed by atoms with van der Waals surface area (Å²) in [4.78, 5) is 34.2. The highest BCUT2D eigenvalue weighted by atomic mass is 16.6. The van der Waals surface area contributed by atoms with Crippen molar-refractivity contribution in [3.8, 4) is 17.2 Å². The van der Waals surface area contributed by atoms with E-state index in [-0.39, 0.29) is 11.1 Å². The molecule has 0 spiro atoms. The topological polar surface area (TPSA) is 140 Å². The molecular formula is C16H13N3O7. The molecule has 1 aliphatic rings. The van der Waals surface area contributed by atoms with Gasteiger partial charge in [-0.15, -0.1) is 0 Å². The number of carbonyl (C=O) groups excluding carboxylic acids is 2. The molecule has 0 atom stereocenters. The number of phenols is 1. The van der Waals surface area contributed by atoms with E-state index in [1.165, 1.54) is 24.3 Å². The number of carbonyl (C=O) groups is 2. The molecule has 2 aromatic carbocycles. The number of hydrogen-bond acceptors (Lipinski definition) is 7. The van der Waals surface area contributed by atoms with Gasteiger partial charge in [-0.05, 0) is 24.3 Å². The van der Waals surface area contributed by atoms with Gasteiger partial charge in [0.15, 0.2) is 11.5 Å². The minimum absolute atomic E-state index is 0.206. The van der Waals surface area contributed by atoms with Crippen LogP contribution in [0.25, 0.3) is 0 Å². The van der Waals surface area contributed by atoms with Gasteiger partial charge in [-0.25, -0.2) is 0 Å². The third-order valence-electron chi connectivity index (χ3n) is 3.55. The number of benzene rings is 2. The standard InChI is InChI=1S/C16H13N3O7/c20-14-10(2-1-3-11(14)19(23)24)16(22)18-17-15(21)9-4-5-12-13(8-9)26-7-6-25-12/h1-5,8,20H,6-7H2,(H,17,21)(H,18,22). The minimum atomic E-state index is -0.905. The summed E-state index contributed by atoms with van der Waals surface area (Å²) in [6.07, 6.45) is 0. The minimum Gasteiger partial charge on any atom is -0.502 e. The Kier molecular flexibility index (Phi) is 4.56. The highest BCUT2D eigenvalue weighted by Crippen LogP contribution is 2.31. The summed E-state index contributed by atoms with van der Waals surface area (Å²) >= 11 is 0. The number of fused-ring (bicyclic) bond motifs is 1. The summed E-state index contributed by atoms with van der Waals surface area (Å²) in [7, 11) is 0. The van der Waals surface area contributed by atoms with Crippen LogP contribution in [0.2, 0.25) is 0 Å². The van der Waals surface area contributed by atoms with E-state index in [1.54, 1.807) is 6.07 Å². The second kappa shape index (κ2) is 6.97. The molecule has 1 aliphatic heterocycles. The number of hydrazine groups is 1. The van der Waals surface area contributed by atoms with Crippen molar-refractivity contribution in [1.82, 2.24) is 10.9 Å². The lowest BCUT2D eigenvalue weighted by Crippen LogP contribution is -2.41. The number of nitrogens with zero attached hydrogens (tertiary/aromatic N) is 1. The van der Waals surface area contributed by atoms with E-state index in [1.807, 2.05) is 0 Å². The molecule has 134 valence electrons. The molecule has 0 saturated heterocycles. The Morgan fingerprint density at radius 2 is 1.73 bits per heavy atom. The lowest BCUT2D eigenvalue weighted by Gasteiger charge is -2.18. The Balaban J connectivity index is 1.69. The second-order valence-electron chi connectivity index (χ2n) is 5.20. The molecule has 2 amide bonds. The summed E-state index contributed by atoms with van der Waals surface area (Å²) in [5.74, 6) is -1.41. The van der Waals surface area contributed by atoms with Crippen molar-refractivity contribution in [1.29, 1.82) is 0 Å². The fraction of sp³-hybridized carbons (Fsp3) is 0.125. The predicted molar refractivity (Wildman–Crippen MR) is 87.1 cm³/mol. The van der Waals surface area contributed by atoms with Crippen LogP contribution in [0.3, 0.4) is 0 Å². The number of ether oxygens (including phenoxy) is 2. The van der Waals surface area contributed by atoms with Gasteiger partial charge in [-0.2, -0.15) is 0 Å². The normalized spacial score (nSPS) is 12.2. The van der Waals surface area contributed by atoms with Crippen molar-refractivity contribution >= 4 is 17.5 Å². The monoisotopic (exact) mass is 359 g/mol. The number of nitro groups is 1. The Morgan fingerprint density at radius 1 is 1.04 bits per heavy atom. The molecule has 0 unspecified atom stereocenters. The van der Waals surface area contributed by atoms with Crippen LogP contribution in [-0.4, -0.2) is 35.1 Å². The fourth-order valence-corrected chi connectivity index (χ4v) is 2.30. The van der Waals surface area contributed by atoms with E-state index in [2.05, 4.69) is 10.9 Å². The molecule has 0 saturated carbocycles. The number of nitrogens with one attached hydrogen (secondary N) is 2. The Hall–Kier alpha value is -3.82. The van der Waals surface area contributed by atoms with Gasteiger partial charge in [-0.3, -0.25) is 30.6 Å². The smallest absolute Gasteiger partial charge is 0.311 e. The van der Waals surface area contributed by atoms with E-state index >= 15 is 0 Å². The maximum absolute atomic E-state index is 12.1. The first-order chi connectivity index (χ1) is 12.5. The summed E-state index contributed by atoms with van der Waals surface area (Å²) in [6, 6.07) is 8.00. The molecule has 1 heterocycles. The molecule has 0 aliphatic carbocycles. The fourth-order valence-electron chi connectivity index (χ4n) is 2.30. The molecule has 0 radical (unpaired) electrons. The highest BCUT2D eigenvalue weighted by Gasteiger charge is 2.21. The van der Waals surface area contributed by atoms with Crippen molar-refractivity contribution in [3.63, 3.8) is 0 Å². The molecule has 0 fully saturated rings. The van der Waals surface area contributed by atoms with Crippen LogP contribution in [0.4, 0.5) is 5.69 Å². The van der Waals surface area contributed by atoms with Gasteiger partial charge in [0.05, 0.1) is 10.5 Å². The molecule has 0 bridgehead atoms. The second-order valence-corrected chi connectivity index (χ2v) is 5.20. The number of amides is 2. The van der Waals surface area contributed by atoms with Gasteiger partial charge in [0, 0.05) is 11.6 Å². The largest absolute Gasteiger partial charge is 0.502 e. The summed E-state index contributed by atoms with van der Waals surface area (Å²) < 4.78 is 10.7. The van der Waals surface area contributed by atoms with E-state index in [9.17, 15) is 24.8 Å². The molecule has 10 heteroatoms. The number of rotatable bonds is 3. The quantitative estimate of drug-likeness (QED) is 0.551. The third kappa shape index (κ3) is 3.34. The van der Waals surface area contributed by atoms with Gasteiger partial charge in [-0.1, -0.05) is 6.07 Å². The SMILES string of the molecule is O=C(NNC(=O)c1cccc([N+](=O)[O-])c1O)c1ccc2c(c1)OCCO2. The Bertz CT molecular complexity index is 897. The number of hydrogen-bond donors (Lipinski definition) is 3. The van der Waals surface area contributed by atoms with Gasteiger partial charge in [0.1, 0.15) is 13.2 Å². The maximum atomic E-state index is 12.1. The molecule has 3 rings (SSSR count). The molecule has 0 aromatic heterocycles. The van der Waals surface area contributed by atoms with E-state index in [0.29, 0.717) is 24.7 Å². The number of para-hydroxylation sites is 1. The Labute approximate surface area is 146 Å².